The first-order valence-electron chi connectivity index (χ1n) is 9.20. The maximum Gasteiger partial charge on any atom is 0.260 e. The van der Waals surface area contributed by atoms with Crippen LogP contribution in [0.25, 0.3) is 0 Å². The Morgan fingerprint density at radius 2 is 1.84 bits per heavy atom. The van der Waals surface area contributed by atoms with Crippen molar-refractivity contribution in [2.75, 3.05) is 52.9 Å². The molecule has 1 aromatic carbocycles. The Labute approximate surface area is 149 Å². The van der Waals surface area contributed by atoms with Gasteiger partial charge in [-0.3, -0.25) is 9.69 Å². The monoisotopic (exact) mass is 349 g/mol. The summed E-state index contributed by atoms with van der Waals surface area (Å²) in [4.78, 5) is 19.1. The third-order valence-corrected chi connectivity index (χ3v) is 5.29. The number of hydrogen-bond acceptors (Lipinski definition) is 4. The van der Waals surface area contributed by atoms with E-state index < -0.39 is 0 Å². The van der Waals surface area contributed by atoms with Crippen LogP contribution in [0.3, 0.4) is 0 Å². The molecule has 0 bridgehead atoms. The molecule has 138 valence electrons. The second-order valence-electron chi connectivity index (χ2n) is 7.05. The first-order valence-corrected chi connectivity index (χ1v) is 9.20. The molecular weight excluding hydrogens is 321 g/mol. The minimum atomic E-state index is -0.307. The average Bonchev–Trinajstić information content (AvgIpc) is 2.63. The standard InChI is InChI=1S/C19H28FN3O2/c1-21-9-3-2-4-17(21)14-22-10-12-23(13-11-22)19(24)15-25-18-7-5-16(20)6-8-18/h5-8,17H,2-4,9-15H2,1H3. The summed E-state index contributed by atoms with van der Waals surface area (Å²) in [5, 5.41) is 0. The van der Waals surface area contributed by atoms with E-state index in [1.165, 1.54) is 37.9 Å². The highest BCUT2D eigenvalue weighted by Gasteiger charge is 2.25. The highest BCUT2D eigenvalue weighted by Crippen LogP contribution is 2.17. The summed E-state index contributed by atoms with van der Waals surface area (Å²) < 4.78 is 18.3. The van der Waals surface area contributed by atoms with Gasteiger partial charge in [0.2, 0.25) is 0 Å². The van der Waals surface area contributed by atoms with E-state index in [2.05, 4.69) is 16.8 Å². The largest absolute Gasteiger partial charge is 0.484 e. The second-order valence-corrected chi connectivity index (χ2v) is 7.05. The third-order valence-electron chi connectivity index (χ3n) is 5.29. The fourth-order valence-corrected chi connectivity index (χ4v) is 3.62. The lowest BCUT2D eigenvalue weighted by Crippen LogP contribution is -2.53. The Bertz CT molecular complexity index is 558. The molecule has 2 saturated heterocycles. The van der Waals surface area contributed by atoms with Gasteiger partial charge in [0.1, 0.15) is 11.6 Å². The molecule has 0 spiro atoms. The molecule has 25 heavy (non-hydrogen) atoms. The van der Waals surface area contributed by atoms with Crippen molar-refractivity contribution in [3.63, 3.8) is 0 Å². The first-order chi connectivity index (χ1) is 12.1. The van der Waals surface area contributed by atoms with Crippen LogP contribution in [0.1, 0.15) is 19.3 Å². The molecule has 6 heteroatoms. The number of benzene rings is 1. The molecule has 2 fully saturated rings. The van der Waals surface area contributed by atoms with Crippen LogP contribution in [-0.4, -0.2) is 79.6 Å². The van der Waals surface area contributed by atoms with Gasteiger partial charge in [-0.15, -0.1) is 0 Å². The maximum absolute atomic E-state index is 12.9. The highest BCUT2D eigenvalue weighted by atomic mass is 19.1. The molecule has 0 aliphatic carbocycles. The van der Waals surface area contributed by atoms with E-state index >= 15 is 0 Å². The Hall–Kier alpha value is -1.66. The van der Waals surface area contributed by atoms with E-state index in [9.17, 15) is 9.18 Å². The van der Waals surface area contributed by atoms with Crippen LogP contribution in [-0.2, 0) is 4.79 Å². The van der Waals surface area contributed by atoms with Gasteiger partial charge in [0.15, 0.2) is 6.61 Å². The van der Waals surface area contributed by atoms with Crippen molar-refractivity contribution in [1.29, 1.82) is 0 Å². The van der Waals surface area contributed by atoms with Crippen LogP contribution >= 0.6 is 0 Å². The Morgan fingerprint density at radius 3 is 2.52 bits per heavy atom. The Morgan fingerprint density at radius 1 is 1.12 bits per heavy atom. The van der Waals surface area contributed by atoms with E-state index in [1.807, 2.05) is 4.90 Å². The van der Waals surface area contributed by atoms with Gasteiger partial charge >= 0.3 is 0 Å². The summed E-state index contributed by atoms with van der Waals surface area (Å²) in [6.45, 7) is 5.66. The van der Waals surface area contributed by atoms with Crippen LogP contribution in [0.4, 0.5) is 4.39 Å². The topological polar surface area (TPSA) is 36.0 Å². The number of amides is 1. The molecule has 0 N–H and O–H groups in total. The minimum Gasteiger partial charge on any atom is -0.484 e. The Balaban J connectivity index is 1.39. The lowest BCUT2D eigenvalue weighted by Gasteiger charge is -2.40. The molecule has 0 aromatic heterocycles. The number of nitrogens with zero attached hydrogens (tertiary/aromatic N) is 3. The predicted octanol–water partition coefficient (Wildman–Crippen LogP) is 1.83. The first kappa shape index (κ1) is 18.1. The fourth-order valence-electron chi connectivity index (χ4n) is 3.62. The number of carbonyl (C=O) groups is 1. The summed E-state index contributed by atoms with van der Waals surface area (Å²) >= 11 is 0. The van der Waals surface area contributed by atoms with E-state index in [0.29, 0.717) is 11.8 Å². The number of carbonyl (C=O) groups excluding carboxylic acids is 1. The van der Waals surface area contributed by atoms with Gasteiger partial charge in [-0.2, -0.15) is 0 Å². The number of hydrogen-bond donors (Lipinski definition) is 0. The van der Waals surface area contributed by atoms with Crippen molar-refractivity contribution in [2.24, 2.45) is 0 Å². The van der Waals surface area contributed by atoms with Gasteiger partial charge in [-0.25, -0.2) is 4.39 Å². The van der Waals surface area contributed by atoms with Crippen LogP contribution in [0.15, 0.2) is 24.3 Å². The van der Waals surface area contributed by atoms with Gasteiger partial charge in [-0.05, 0) is 50.7 Å². The molecule has 3 rings (SSSR count). The van der Waals surface area contributed by atoms with Gasteiger partial charge in [0.25, 0.3) is 5.91 Å². The van der Waals surface area contributed by atoms with Gasteiger partial charge in [-0.1, -0.05) is 6.42 Å². The van der Waals surface area contributed by atoms with Crippen molar-refractivity contribution in [2.45, 2.75) is 25.3 Å². The second kappa shape index (κ2) is 8.63. The van der Waals surface area contributed by atoms with Crippen molar-refractivity contribution in [3.05, 3.63) is 30.1 Å². The van der Waals surface area contributed by atoms with E-state index in [1.54, 1.807) is 12.1 Å². The van der Waals surface area contributed by atoms with Gasteiger partial charge in [0.05, 0.1) is 0 Å². The molecule has 5 nitrogen and oxygen atoms in total. The molecule has 0 saturated carbocycles. The zero-order valence-electron chi connectivity index (χ0n) is 15.0. The van der Waals surface area contributed by atoms with Crippen LogP contribution in [0, 0.1) is 5.82 Å². The Kier molecular flexibility index (Phi) is 6.26. The van der Waals surface area contributed by atoms with Crippen LogP contribution in [0.5, 0.6) is 5.75 Å². The van der Waals surface area contributed by atoms with Crippen molar-refractivity contribution in [1.82, 2.24) is 14.7 Å². The number of halogens is 1. The van der Waals surface area contributed by atoms with Crippen LogP contribution in [0.2, 0.25) is 0 Å². The number of piperazine rings is 1. The molecule has 1 aromatic rings. The quantitative estimate of drug-likeness (QED) is 0.813. The van der Waals surface area contributed by atoms with Crippen molar-refractivity contribution in [3.8, 4) is 5.75 Å². The molecule has 0 radical (unpaired) electrons. The normalized spacial score (nSPS) is 22.8. The lowest BCUT2D eigenvalue weighted by atomic mass is 10.0. The maximum atomic E-state index is 12.9. The summed E-state index contributed by atoms with van der Waals surface area (Å²) in [7, 11) is 2.22. The van der Waals surface area contributed by atoms with Gasteiger partial charge < -0.3 is 14.5 Å². The highest BCUT2D eigenvalue weighted by molar-refractivity contribution is 5.77. The van der Waals surface area contributed by atoms with Crippen LogP contribution < -0.4 is 4.74 Å². The molecule has 1 atom stereocenters. The fraction of sp³-hybridized carbons (Fsp3) is 0.632. The number of likely N-dealkylation sites (N-methyl/N-ethyl adjacent to an activating group) is 1. The summed E-state index contributed by atoms with van der Waals surface area (Å²) in [5.74, 6) is 0.214. The number of rotatable bonds is 5. The molecule has 1 amide bonds. The van der Waals surface area contributed by atoms with Gasteiger partial charge in [0, 0.05) is 38.8 Å². The van der Waals surface area contributed by atoms with Crippen molar-refractivity contribution >= 4 is 5.91 Å². The lowest BCUT2D eigenvalue weighted by molar-refractivity contribution is -0.135. The minimum absolute atomic E-state index is 0.00115. The van der Waals surface area contributed by atoms with Crippen molar-refractivity contribution < 1.29 is 13.9 Å². The molecule has 1 unspecified atom stereocenters. The SMILES string of the molecule is CN1CCCCC1CN1CCN(C(=O)COc2ccc(F)cc2)CC1. The van der Waals surface area contributed by atoms with E-state index in [4.69, 9.17) is 4.74 Å². The molecule has 2 aliphatic rings. The molecule has 2 aliphatic heterocycles. The molecular formula is C19H28FN3O2. The van der Waals surface area contributed by atoms with E-state index in [-0.39, 0.29) is 18.3 Å². The third kappa shape index (κ3) is 5.16. The number of ether oxygens (including phenoxy) is 1. The smallest absolute Gasteiger partial charge is 0.260 e. The zero-order chi connectivity index (χ0) is 17.6. The molecule has 2 heterocycles. The summed E-state index contributed by atoms with van der Waals surface area (Å²) in [5.41, 5.74) is 0. The van der Waals surface area contributed by atoms with E-state index in [0.717, 1.165) is 32.7 Å². The predicted molar refractivity (Wildman–Crippen MR) is 95.2 cm³/mol. The zero-order valence-corrected chi connectivity index (χ0v) is 15.0. The summed E-state index contributed by atoms with van der Waals surface area (Å²) in [6, 6.07) is 6.40. The average molecular weight is 349 g/mol. The number of piperidine rings is 1. The number of likely N-dealkylation sites (tertiary alicyclic amines) is 1. The summed E-state index contributed by atoms with van der Waals surface area (Å²) in [6.07, 6.45) is 3.92.